The number of nitrogens with zero attached hydrogens (tertiary/aromatic N) is 2. The quantitative estimate of drug-likeness (QED) is 0.726. The molecule has 0 radical (unpaired) electrons. The van der Waals surface area contributed by atoms with E-state index in [9.17, 15) is 5.11 Å². The molecule has 2 heterocycles. The first-order chi connectivity index (χ1) is 10.4. The average molecular weight is 316 g/mol. The molecule has 4 nitrogen and oxygen atoms in total. The van der Waals surface area contributed by atoms with E-state index in [1.807, 2.05) is 47.2 Å². The summed E-state index contributed by atoms with van der Waals surface area (Å²) in [4.78, 5) is 4.33. The molecule has 0 atom stereocenters. The van der Waals surface area contributed by atoms with Crippen molar-refractivity contribution in [2.45, 2.75) is 25.9 Å². The fourth-order valence-electron chi connectivity index (χ4n) is 2.66. The SMILES string of the molecule is CC(C)(O)Cc1cccn1-c1c(N)c(Cl)nc2ccccc12. The van der Waals surface area contributed by atoms with E-state index >= 15 is 0 Å². The second-order valence-electron chi connectivity index (χ2n) is 6.04. The van der Waals surface area contributed by atoms with E-state index < -0.39 is 5.60 Å². The van der Waals surface area contributed by atoms with Crippen LogP contribution < -0.4 is 5.73 Å². The molecule has 0 amide bonds. The van der Waals surface area contributed by atoms with Crippen LogP contribution in [-0.4, -0.2) is 20.3 Å². The van der Waals surface area contributed by atoms with E-state index in [0.29, 0.717) is 12.1 Å². The summed E-state index contributed by atoms with van der Waals surface area (Å²) in [6.07, 6.45) is 2.43. The number of aliphatic hydroxyl groups is 1. The summed E-state index contributed by atoms with van der Waals surface area (Å²) in [5, 5.41) is 11.3. The van der Waals surface area contributed by atoms with Gasteiger partial charge in [-0.15, -0.1) is 0 Å². The third-order valence-corrected chi connectivity index (χ3v) is 3.83. The number of anilines is 1. The minimum absolute atomic E-state index is 0.289. The molecule has 0 aliphatic heterocycles. The van der Waals surface area contributed by atoms with Gasteiger partial charge in [0.2, 0.25) is 0 Å². The van der Waals surface area contributed by atoms with Gasteiger partial charge in [-0.3, -0.25) is 0 Å². The van der Waals surface area contributed by atoms with Gasteiger partial charge in [0.15, 0.2) is 5.15 Å². The highest BCUT2D eigenvalue weighted by Gasteiger charge is 2.19. The van der Waals surface area contributed by atoms with Crippen LogP contribution in [0, 0.1) is 0 Å². The lowest BCUT2D eigenvalue weighted by Gasteiger charge is -2.20. The molecule has 0 aliphatic carbocycles. The highest BCUT2D eigenvalue weighted by atomic mass is 35.5. The Morgan fingerprint density at radius 2 is 1.95 bits per heavy atom. The molecule has 1 aromatic carbocycles. The van der Waals surface area contributed by atoms with Crippen molar-refractivity contribution < 1.29 is 5.11 Å². The van der Waals surface area contributed by atoms with Crippen LogP contribution in [0.5, 0.6) is 0 Å². The lowest BCUT2D eigenvalue weighted by atomic mass is 10.0. The van der Waals surface area contributed by atoms with E-state index in [0.717, 1.165) is 22.3 Å². The number of rotatable bonds is 3. The number of hydrogen-bond acceptors (Lipinski definition) is 3. The Kier molecular flexibility index (Phi) is 3.59. The molecule has 3 aromatic rings. The minimum Gasteiger partial charge on any atom is -0.395 e. The zero-order valence-electron chi connectivity index (χ0n) is 12.5. The molecule has 2 aromatic heterocycles. The fraction of sp³-hybridized carbons (Fsp3) is 0.235. The molecule has 0 saturated carbocycles. The summed E-state index contributed by atoms with van der Waals surface area (Å²) < 4.78 is 1.98. The van der Waals surface area contributed by atoms with Crippen LogP contribution in [0.2, 0.25) is 5.15 Å². The smallest absolute Gasteiger partial charge is 0.154 e. The maximum Gasteiger partial charge on any atom is 0.154 e. The number of para-hydroxylation sites is 1. The van der Waals surface area contributed by atoms with Crippen LogP contribution in [0.25, 0.3) is 16.6 Å². The Morgan fingerprint density at radius 1 is 1.23 bits per heavy atom. The first-order valence-corrected chi connectivity index (χ1v) is 7.47. The van der Waals surface area contributed by atoms with Crippen LogP contribution >= 0.6 is 11.6 Å². The molecule has 3 rings (SSSR count). The van der Waals surface area contributed by atoms with Crippen molar-refractivity contribution in [1.82, 2.24) is 9.55 Å². The number of hydrogen-bond donors (Lipinski definition) is 2. The Bertz CT molecular complexity index is 834. The third kappa shape index (κ3) is 2.67. The lowest BCUT2D eigenvalue weighted by molar-refractivity contribution is 0.0795. The van der Waals surface area contributed by atoms with Gasteiger partial charge in [-0.05, 0) is 32.0 Å². The normalized spacial score (nSPS) is 12.0. The van der Waals surface area contributed by atoms with Crippen LogP contribution in [0.15, 0.2) is 42.6 Å². The molecular weight excluding hydrogens is 298 g/mol. The van der Waals surface area contributed by atoms with Crippen molar-refractivity contribution in [3.8, 4) is 5.69 Å². The first kappa shape index (κ1) is 14.9. The first-order valence-electron chi connectivity index (χ1n) is 7.09. The molecule has 0 unspecified atom stereocenters. The van der Waals surface area contributed by atoms with Gasteiger partial charge in [-0.2, -0.15) is 0 Å². The van der Waals surface area contributed by atoms with E-state index in [4.69, 9.17) is 17.3 Å². The van der Waals surface area contributed by atoms with Crippen molar-refractivity contribution in [1.29, 1.82) is 0 Å². The molecule has 0 spiro atoms. The van der Waals surface area contributed by atoms with Crippen LogP contribution in [0.4, 0.5) is 5.69 Å². The zero-order chi connectivity index (χ0) is 15.9. The maximum atomic E-state index is 10.1. The van der Waals surface area contributed by atoms with Crippen molar-refractivity contribution in [3.05, 3.63) is 53.4 Å². The highest BCUT2D eigenvalue weighted by molar-refractivity contribution is 6.33. The molecule has 3 N–H and O–H groups in total. The molecule has 114 valence electrons. The molecule has 0 saturated heterocycles. The topological polar surface area (TPSA) is 64.1 Å². The molecule has 0 fully saturated rings. The van der Waals surface area contributed by atoms with E-state index in [2.05, 4.69) is 4.98 Å². The van der Waals surface area contributed by atoms with Gasteiger partial charge in [0.1, 0.15) is 0 Å². The van der Waals surface area contributed by atoms with E-state index in [-0.39, 0.29) is 5.15 Å². The number of nitrogen functional groups attached to an aromatic ring is 1. The Hall–Kier alpha value is -2.04. The van der Waals surface area contributed by atoms with Gasteiger partial charge in [0, 0.05) is 23.7 Å². The zero-order valence-corrected chi connectivity index (χ0v) is 13.3. The van der Waals surface area contributed by atoms with Crippen LogP contribution in [0.1, 0.15) is 19.5 Å². The minimum atomic E-state index is -0.808. The second-order valence-corrected chi connectivity index (χ2v) is 6.40. The number of aromatic nitrogens is 2. The molecular formula is C17H18ClN3O. The largest absolute Gasteiger partial charge is 0.395 e. The van der Waals surface area contributed by atoms with Crippen molar-refractivity contribution in [2.24, 2.45) is 0 Å². The van der Waals surface area contributed by atoms with Gasteiger partial charge < -0.3 is 15.4 Å². The molecule has 22 heavy (non-hydrogen) atoms. The van der Waals surface area contributed by atoms with Gasteiger partial charge in [-0.25, -0.2) is 4.98 Å². The van der Waals surface area contributed by atoms with Crippen molar-refractivity contribution in [2.75, 3.05) is 5.73 Å². The van der Waals surface area contributed by atoms with Crippen molar-refractivity contribution in [3.63, 3.8) is 0 Å². The summed E-state index contributed by atoms with van der Waals surface area (Å²) in [5.41, 5.74) is 8.39. The second kappa shape index (κ2) is 5.30. The van der Waals surface area contributed by atoms with Gasteiger partial charge in [0.25, 0.3) is 0 Å². The Balaban J connectivity index is 2.27. The number of pyridine rings is 1. The Morgan fingerprint density at radius 3 is 2.68 bits per heavy atom. The van der Waals surface area contributed by atoms with Crippen LogP contribution in [-0.2, 0) is 6.42 Å². The standard InChI is InChI=1S/C17H18ClN3O/c1-17(2,22)10-11-6-5-9-21(11)15-12-7-3-4-8-13(12)20-16(18)14(15)19/h3-9,22H,10,19H2,1-2H3. The predicted octanol–water partition coefficient (Wildman–Crippen LogP) is 3.57. The highest BCUT2D eigenvalue weighted by Crippen LogP contribution is 2.33. The van der Waals surface area contributed by atoms with Crippen LogP contribution in [0.3, 0.4) is 0 Å². The summed E-state index contributed by atoms with van der Waals surface area (Å²) in [5.74, 6) is 0. The number of fused-ring (bicyclic) bond motifs is 1. The number of nitrogens with two attached hydrogens (primary N) is 1. The Labute approximate surface area is 134 Å². The fourth-order valence-corrected chi connectivity index (χ4v) is 2.84. The monoisotopic (exact) mass is 315 g/mol. The summed E-state index contributed by atoms with van der Waals surface area (Å²) in [6, 6.07) is 11.6. The van der Waals surface area contributed by atoms with Crippen molar-refractivity contribution >= 4 is 28.2 Å². The molecule has 5 heteroatoms. The number of halogens is 1. The molecule has 0 aliphatic rings. The summed E-state index contributed by atoms with van der Waals surface area (Å²) in [6.45, 7) is 3.57. The lowest BCUT2D eigenvalue weighted by Crippen LogP contribution is -2.23. The molecule has 0 bridgehead atoms. The third-order valence-electron chi connectivity index (χ3n) is 3.54. The van der Waals surface area contributed by atoms with E-state index in [1.54, 1.807) is 13.8 Å². The number of benzene rings is 1. The maximum absolute atomic E-state index is 10.1. The van der Waals surface area contributed by atoms with Gasteiger partial charge in [0.05, 0.1) is 22.5 Å². The average Bonchev–Trinajstić information content (AvgIpc) is 2.86. The van der Waals surface area contributed by atoms with Gasteiger partial charge in [-0.1, -0.05) is 29.8 Å². The summed E-state index contributed by atoms with van der Waals surface area (Å²) in [7, 11) is 0. The van der Waals surface area contributed by atoms with E-state index in [1.165, 1.54) is 0 Å². The summed E-state index contributed by atoms with van der Waals surface area (Å²) >= 11 is 6.20. The van der Waals surface area contributed by atoms with Gasteiger partial charge >= 0.3 is 0 Å². The predicted molar refractivity (Wildman–Crippen MR) is 90.5 cm³/mol.